The summed E-state index contributed by atoms with van der Waals surface area (Å²) in [6, 6.07) is 3.68. The molecule has 1 aromatic rings. The first-order chi connectivity index (χ1) is 11.6. The first-order valence-electron chi connectivity index (χ1n) is 8.35. The fourth-order valence-corrected chi connectivity index (χ4v) is 5.08. The third-order valence-corrected chi connectivity index (χ3v) is 6.92. The minimum absolute atomic E-state index is 0.0338. The third-order valence-electron chi connectivity index (χ3n) is 4.93. The minimum atomic E-state index is -1.61. The third kappa shape index (κ3) is 3.49. The number of aliphatic hydroxyl groups excluding tert-OH is 1. The van der Waals surface area contributed by atoms with Crippen LogP contribution in [-0.2, 0) is 10.3 Å². The molecule has 4 nitrogen and oxygen atoms in total. The second-order valence-corrected chi connectivity index (χ2v) is 8.37. The molecule has 6 heteroatoms. The number of allylic oxidation sites excluding steroid dienone is 1. The van der Waals surface area contributed by atoms with Crippen molar-refractivity contribution >= 4 is 23.1 Å². The molecule has 4 heterocycles. The first-order valence-corrected chi connectivity index (χ1v) is 10.1. The lowest BCUT2D eigenvalue weighted by Gasteiger charge is -2.46. The van der Waals surface area contributed by atoms with Crippen molar-refractivity contribution < 1.29 is 14.9 Å². The maximum Gasteiger partial charge on any atom is 0.194 e. The Morgan fingerprint density at radius 2 is 2.29 bits per heavy atom. The zero-order chi connectivity index (χ0) is 17.2. The van der Waals surface area contributed by atoms with Gasteiger partial charge >= 0.3 is 0 Å². The van der Waals surface area contributed by atoms with Crippen molar-refractivity contribution in [2.45, 2.75) is 37.8 Å². The normalized spacial score (nSPS) is 30.4. The number of thiophene rings is 1. The fourth-order valence-electron chi connectivity index (χ4n) is 3.46. The lowest BCUT2D eigenvalue weighted by molar-refractivity contribution is -0.242. The molecule has 0 spiro atoms. The number of fused-ring (bicyclic) bond motifs is 3. The summed E-state index contributed by atoms with van der Waals surface area (Å²) in [6.07, 6.45) is 2.72. The Kier molecular flexibility index (Phi) is 5.85. The van der Waals surface area contributed by atoms with E-state index in [1.807, 2.05) is 35.9 Å². The van der Waals surface area contributed by atoms with E-state index < -0.39 is 11.9 Å². The summed E-state index contributed by atoms with van der Waals surface area (Å²) in [5.41, 5.74) is -1.61. The van der Waals surface area contributed by atoms with Crippen molar-refractivity contribution in [2.75, 3.05) is 19.6 Å². The Balaban J connectivity index is 1.78. The van der Waals surface area contributed by atoms with Crippen LogP contribution in [0.2, 0.25) is 0 Å². The van der Waals surface area contributed by atoms with Gasteiger partial charge in [-0.2, -0.15) is 0 Å². The van der Waals surface area contributed by atoms with Gasteiger partial charge in [-0.15, -0.1) is 11.3 Å². The van der Waals surface area contributed by atoms with Gasteiger partial charge in [-0.25, -0.2) is 0 Å². The highest BCUT2D eigenvalue weighted by molar-refractivity contribution is 8.05. The number of hydrogen-bond donors (Lipinski definition) is 2. The molecule has 24 heavy (non-hydrogen) atoms. The van der Waals surface area contributed by atoms with Crippen molar-refractivity contribution in [1.29, 1.82) is 0 Å². The van der Waals surface area contributed by atoms with E-state index in [4.69, 9.17) is 4.74 Å². The van der Waals surface area contributed by atoms with Gasteiger partial charge in [0.2, 0.25) is 0 Å². The zero-order valence-corrected chi connectivity index (χ0v) is 15.6. The molecule has 3 fully saturated rings. The number of rotatable bonds is 7. The SMILES string of the molecule is C=C(SC=CC)C(O)(c1cccs1)C(O)OC1CN2CCC1CC2. The number of piperidine rings is 3. The molecule has 3 atom stereocenters. The summed E-state index contributed by atoms with van der Waals surface area (Å²) in [7, 11) is 0. The van der Waals surface area contributed by atoms with E-state index in [0.29, 0.717) is 15.7 Å². The molecule has 0 saturated carbocycles. The molecule has 1 aromatic heterocycles. The van der Waals surface area contributed by atoms with Crippen LogP contribution in [0.15, 0.2) is 40.5 Å². The molecular weight excluding hydrogens is 342 g/mol. The van der Waals surface area contributed by atoms with Gasteiger partial charge in [0.25, 0.3) is 0 Å². The zero-order valence-electron chi connectivity index (χ0n) is 13.9. The molecule has 3 aliphatic rings. The van der Waals surface area contributed by atoms with Crippen molar-refractivity contribution in [3.05, 3.63) is 45.4 Å². The number of hydrogen-bond acceptors (Lipinski definition) is 6. The summed E-state index contributed by atoms with van der Waals surface area (Å²) < 4.78 is 5.99. The highest BCUT2D eigenvalue weighted by Crippen LogP contribution is 2.42. The molecular formula is C18H25NO3S2. The van der Waals surface area contributed by atoms with E-state index in [2.05, 4.69) is 11.5 Å². The molecule has 3 unspecified atom stereocenters. The van der Waals surface area contributed by atoms with Crippen LogP contribution in [0.4, 0.5) is 0 Å². The summed E-state index contributed by atoms with van der Waals surface area (Å²) >= 11 is 2.72. The Bertz CT molecular complexity index is 581. The van der Waals surface area contributed by atoms with E-state index in [1.54, 1.807) is 0 Å². The van der Waals surface area contributed by atoms with Crippen molar-refractivity contribution in [3.63, 3.8) is 0 Å². The Hall–Kier alpha value is -0.630. The highest BCUT2D eigenvalue weighted by Gasteiger charge is 2.46. The lowest BCUT2D eigenvalue weighted by atomic mass is 9.85. The second-order valence-electron chi connectivity index (χ2n) is 6.42. The molecule has 2 N–H and O–H groups in total. The van der Waals surface area contributed by atoms with E-state index in [9.17, 15) is 10.2 Å². The quantitative estimate of drug-likeness (QED) is 0.725. The summed E-state index contributed by atoms with van der Waals surface area (Å²) in [5, 5.41) is 25.8. The number of nitrogens with zero attached hydrogens (tertiary/aromatic N) is 1. The Morgan fingerprint density at radius 1 is 1.54 bits per heavy atom. The number of ether oxygens (including phenoxy) is 1. The first kappa shape index (κ1) is 18.2. The molecule has 3 saturated heterocycles. The monoisotopic (exact) mass is 367 g/mol. The topological polar surface area (TPSA) is 52.9 Å². The molecule has 2 bridgehead atoms. The van der Waals surface area contributed by atoms with Crippen molar-refractivity contribution in [3.8, 4) is 0 Å². The van der Waals surface area contributed by atoms with E-state index >= 15 is 0 Å². The smallest absolute Gasteiger partial charge is 0.194 e. The van der Waals surface area contributed by atoms with E-state index in [-0.39, 0.29) is 6.10 Å². The number of thioether (sulfide) groups is 1. The largest absolute Gasteiger partial charge is 0.374 e. The van der Waals surface area contributed by atoms with Crippen LogP contribution in [0.5, 0.6) is 0 Å². The lowest BCUT2D eigenvalue weighted by Crippen LogP contribution is -2.54. The van der Waals surface area contributed by atoms with Crippen LogP contribution >= 0.6 is 23.1 Å². The van der Waals surface area contributed by atoms with Gasteiger partial charge in [0.05, 0.1) is 6.10 Å². The van der Waals surface area contributed by atoms with Gasteiger partial charge < -0.3 is 19.8 Å². The van der Waals surface area contributed by atoms with Gasteiger partial charge in [-0.3, -0.25) is 0 Å². The predicted octanol–water partition coefficient (Wildman–Crippen LogP) is 3.15. The molecule has 0 aliphatic carbocycles. The molecule has 4 rings (SSSR count). The van der Waals surface area contributed by atoms with Gasteiger partial charge in [-0.1, -0.05) is 30.5 Å². The van der Waals surface area contributed by atoms with Crippen molar-refractivity contribution in [1.82, 2.24) is 4.90 Å². The average molecular weight is 368 g/mol. The summed E-state index contributed by atoms with van der Waals surface area (Å²) in [6.45, 7) is 8.96. The molecule has 3 aliphatic heterocycles. The van der Waals surface area contributed by atoms with Crippen LogP contribution in [0.1, 0.15) is 24.6 Å². The maximum atomic E-state index is 11.3. The maximum absolute atomic E-state index is 11.3. The number of aliphatic hydroxyl groups is 2. The van der Waals surface area contributed by atoms with Gasteiger partial charge in [-0.05, 0) is 55.6 Å². The van der Waals surface area contributed by atoms with Gasteiger partial charge in [0.15, 0.2) is 11.9 Å². The van der Waals surface area contributed by atoms with Gasteiger partial charge in [0, 0.05) is 16.3 Å². The Morgan fingerprint density at radius 3 is 2.83 bits per heavy atom. The molecule has 0 amide bonds. The Labute approximate surface area is 151 Å². The highest BCUT2D eigenvalue weighted by atomic mass is 32.2. The second kappa shape index (κ2) is 7.72. The average Bonchev–Trinajstić information content (AvgIpc) is 3.15. The van der Waals surface area contributed by atoms with Crippen LogP contribution in [0, 0.1) is 5.92 Å². The van der Waals surface area contributed by atoms with E-state index in [1.165, 1.54) is 23.1 Å². The molecule has 0 aromatic carbocycles. The fraction of sp³-hybridized carbons (Fsp3) is 0.556. The summed E-state index contributed by atoms with van der Waals surface area (Å²) in [4.78, 5) is 3.49. The van der Waals surface area contributed by atoms with Crippen LogP contribution in [0.25, 0.3) is 0 Å². The van der Waals surface area contributed by atoms with Crippen molar-refractivity contribution in [2.24, 2.45) is 5.92 Å². The molecule has 0 radical (unpaired) electrons. The summed E-state index contributed by atoms with van der Waals surface area (Å²) in [5.74, 6) is 0.466. The standard InChI is InChI=1S/C18H25NO3S2/c1-3-10-23-13(2)18(21,16-5-4-11-24-16)17(20)22-15-12-19-8-6-14(15)7-9-19/h3-5,10-11,14-15,17,20-21H,2,6-9,12H2,1H3. The van der Waals surface area contributed by atoms with Crippen LogP contribution in [0.3, 0.4) is 0 Å². The predicted molar refractivity (Wildman–Crippen MR) is 99.8 cm³/mol. The van der Waals surface area contributed by atoms with Gasteiger partial charge in [0.1, 0.15) is 0 Å². The van der Waals surface area contributed by atoms with E-state index in [0.717, 1.165) is 32.5 Å². The van der Waals surface area contributed by atoms with Crippen LogP contribution < -0.4 is 0 Å². The minimum Gasteiger partial charge on any atom is -0.374 e. The van der Waals surface area contributed by atoms with Crippen LogP contribution in [-0.4, -0.2) is 47.1 Å². The molecule has 132 valence electrons.